The zero-order chi connectivity index (χ0) is 11.7. The molecule has 0 spiro atoms. The number of ether oxygens (including phenoxy) is 1. The lowest BCUT2D eigenvalue weighted by molar-refractivity contribution is 0.198. The maximum absolute atomic E-state index is 11.6. The molecule has 0 amide bonds. The first-order valence-corrected chi connectivity index (χ1v) is 5.01. The summed E-state index contributed by atoms with van der Waals surface area (Å²) >= 11 is 0. The van der Waals surface area contributed by atoms with Crippen molar-refractivity contribution in [3.63, 3.8) is 0 Å². The molecule has 84 valence electrons. The molecule has 1 aromatic heterocycles. The summed E-state index contributed by atoms with van der Waals surface area (Å²) in [5.41, 5.74) is 0.837. The summed E-state index contributed by atoms with van der Waals surface area (Å²) in [6.07, 6.45) is -0.778. The predicted molar refractivity (Wildman–Crippen MR) is 61.8 cm³/mol. The summed E-state index contributed by atoms with van der Waals surface area (Å²) in [7, 11) is 1.59. The van der Waals surface area contributed by atoms with Crippen molar-refractivity contribution in [3.05, 3.63) is 40.2 Å². The molecule has 0 saturated heterocycles. The molecule has 4 nitrogen and oxygen atoms in total. The fourth-order valence-corrected chi connectivity index (χ4v) is 1.64. The van der Waals surface area contributed by atoms with Gasteiger partial charge in [-0.25, -0.2) is 0 Å². The van der Waals surface area contributed by atoms with E-state index in [-0.39, 0.29) is 5.56 Å². The Labute approximate surface area is 92.5 Å². The summed E-state index contributed by atoms with van der Waals surface area (Å²) in [5.74, 6) is 0.719. The van der Waals surface area contributed by atoms with Gasteiger partial charge in [-0.15, -0.1) is 0 Å². The Morgan fingerprint density at radius 2 is 2.12 bits per heavy atom. The lowest BCUT2D eigenvalue weighted by Crippen LogP contribution is -2.14. The largest absolute Gasteiger partial charge is 0.497 e. The summed E-state index contributed by atoms with van der Waals surface area (Å²) in [6.45, 7) is 1.57. The van der Waals surface area contributed by atoms with E-state index >= 15 is 0 Å². The standard InChI is InChI=1S/C12H13NO3/c1-7(14)10-6-8-5-9(16-2)3-4-11(8)13-12(10)15/h3-7,14H,1-2H3,(H,13,15). The Morgan fingerprint density at radius 1 is 1.38 bits per heavy atom. The highest BCUT2D eigenvalue weighted by Gasteiger charge is 2.08. The van der Waals surface area contributed by atoms with Gasteiger partial charge in [0, 0.05) is 16.5 Å². The first-order chi connectivity index (χ1) is 7.61. The molecule has 1 atom stereocenters. The number of nitrogens with one attached hydrogen (secondary N) is 1. The Balaban J connectivity index is 2.70. The molecular weight excluding hydrogens is 206 g/mol. The normalized spacial score (nSPS) is 12.7. The Morgan fingerprint density at radius 3 is 2.75 bits per heavy atom. The number of benzene rings is 1. The molecule has 1 aromatic carbocycles. The van der Waals surface area contributed by atoms with E-state index in [9.17, 15) is 9.90 Å². The second-order valence-corrected chi connectivity index (χ2v) is 3.68. The molecule has 2 aromatic rings. The SMILES string of the molecule is COc1ccc2[nH]c(=O)c(C(C)O)cc2c1. The summed E-state index contributed by atoms with van der Waals surface area (Å²) in [6, 6.07) is 7.06. The van der Waals surface area contributed by atoms with Crippen molar-refractivity contribution in [2.24, 2.45) is 0 Å². The van der Waals surface area contributed by atoms with Gasteiger partial charge in [0.1, 0.15) is 5.75 Å². The van der Waals surface area contributed by atoms with E-state index in [4.69, 9.17) is 4.74 Å². The van der Waals surface area contributed by atoms with Crippen LogP contribution in [0.3, 0.4) is 0 Å². The Hall–Kier alpha value is -1.81. The molecule has 0 aliphatic heterocycles. The molecule has 4 heteroatoms. The van der Waals surface area contributed by atoms with Crippen LogP contribution < -0.4 is 10.3 Å². The molecule has 2 N–H and O–H groups in total. The molecule has 0 aliphatic rings. The van der Waals surface area contributed by atoms with Crippen molar-refractivity contribution in [3.8, 4) is 5.75 Å². The number of aliphatic hydroxyl groups is 1. The van der Waals surface area contributed by atoms with E-state index in [0.717, 1.165) is 16.7 Å². The van der Waals surface area contributed by atoms with Crippen molar-refractivity contribution in [2.75, 3.05) is 7.11 Å². The van der Waals surface area contributed by atoms with Crippen molar-refractivity contribution in [1.29, 1.82) is 0 Å². The van der Waals surface area contributed by atoms with Crippen LogP contribution in [0, 0.1) is 0 Å². The van der Waals surface area contributed by atoms with Crippen molar-refractivity contribution in [2.45, 2.75) is 13.0 Å². The van der Waals surface area contributed by atoms with Gasteiger partial charge >= 0.3 is 0 Å². The Kier molecular flexibility index (Phi) is 2.66. The summed E-state index contributed by atoms with van der Waals surface area (Å²) in [4.78, 5) is 14.3. The van der Waals surface area contributed by atoms with Crippen LogP contribution in [-0.4, -0.2) is 17.2 Å². The molecule has 0 bridgehead atoms. The molecule has 2 rings (SSSR count). The smallest absolute Gasteiger partial charge is 0.254 e. The number of aromatic nitrogens is 1. The molecular formula is C12H13NO3. The Bertz CT molecular complexity index is 572. The topological polar surface area (TPSA) is 62.3 Å². The third-order valence-electron chi connectivity index (χ3n) is 2.53. The molecule has 0 saturated carbocycles. The fourth-order valence-electron chi connectivity index (χ4n) is 1.64. The van der Waals surface area contributed by atoms with Crippen LogP contribution in [-0.2, 0) is 0 Å². The van der Waals surface area contributed by atoms with Crippen LogP contribution in [0.25, 0.3) is 10.9 Å². The van der Waals surface area contributed by atoms with E-state index in [1.165, 1.54) is 0 Å². The molecule has 0 fully saturated rings. The van der Waals surface area contributed by atoms with Crippen LogP contribution in [0.1, 0.15) is 18.6 Å². The van der Waals surface area contributed by atoms with Gasteiger partial charge in [-0.1, -0.05) is 0 Å². The average molecular weight is 219 g/mol. The third kappa shape index (κ3) is 1.79. The van der Waals surface area contributed by atoms with Crippen LogP contribution >= 0.6 is 0 Å². The van der Waals surface area contributed by atoms with E-state index in [1.54, 1.807) is 32.2 Å². The minimum atomic E-state index is -0.778. The summed E-state index contributed by atoms with van der Waals surface area (Å²) in [5, 5.41) is 10.3. The quantitative estimate of drug-likeness (QED) is 0.806. The first kappa shape index (κ1) is 10.7. The maximum Gasteiger partial charge on any atom is 0.254 e. The number of hydrogen-bond acceptors (Lipinski definition) is 3. The van der Waals surface area contributed by atoms with Crippen LogP contribution in [0.4, 0.5) is 0 Å². The van der Waals surface area contributed by atoms with Gasteiger partial charge in [0.2, 0.25) is 0 Å². The number of methoxy groups -OCH3 is 1. The fraction of sp³-hybridized carbons (Fsp3) is 0.250. The lowest BCUT2D eigenvalue weighted by atomic mass is 10.1. The van der Waals surface area contributed by atoms with Crippen molar-refractivity contribution in [1.82, 2.24) is 4.98 Å². The zero-order valence-corrected chi connectivity index (χ0v) is 9.15. The number of hydrogen-bond donors (Lipinski definition) is 2. The second-order valence-electron chi connectivity index (χ2n) is 3.68. The van der Waals surface area contributed by atoms with Gasteiger partial charge in [-0.3, -0.25) is 4.79 Å². The molecule has 1 heterocycles. The van der Waals surface area contributed by atoms with Gasteiger partial charge in [0.05, 0.1) is 13.2 Å². The first-order valence-electron chi connectivity index (χ1n) is 5.01. The molecule has 1 unspecified atom stereocenters. The third-order valence-corrected chi connectivity index (χ3v) is 2.53. The van der Waals surface area contributed by atoms with Crippen LogP contribution in [0.2, 0.25) is 0 Å². The highest BCUT2D eigenvalue weighted by Crippen LogP contribution is 2.20. The molecule has 0 aliphatic carbocycles. The van der Waals surface area contributed by atoms with Gasteiger partial charge < -0.3 is 14.8 Å². The lowest BCUT2D eigenvalue weighted by Gasteiger charge is -2.06. The van der Waals surface area contributed by atoms with E-state index in [2.05, 4.69) is 4.98 Å². The number of pyridine rings is 1. The predicted octanol–water partition coefficient (Wildman–Crippen LogP) is 1.59. The van der Waals surface area contributed by atoms with E-state index < -0.39 is 6.10 Å². The summed E-state index contributed by atoms with van der Waals surface area (Å²) < 4.78 is 5.10. The van der Waals surface area contributed by atoms with E-state index in [1.807, 2.05) is 6.07 Å². The number of fused-ring (bicyclic) bond motifs is 1. The number of aromatic amines is 1. The minimum absolute atomic E-state index is 0.257. The molecule has 0 radical (unpaired) electrons. The average Bonchev–Trinajstić information content (AvgIpc) is 2.27. The van der Waals surface area contributed by atoms with E-state index in [0.29, 0.717) is 5.56 Å². The van der Waals surface area contributed by atoms with Gasteiger partial charge in [0.25, 0.3) is 5.56 Å². The number of aliphatic hydroxyl groups excluding tert-OH is 1. The zero-order valence-electron chi connectivity index (χ0n) is 9.15. The molecule has 16 heavy (non-hydrogen) atoms. The monoisotopic (exact) mass is 219 g/mol. The number of H-pyrrole nitrogens is 1. The second kappa shape index (κ2) is 3.98. The van der Waals surface area contributed by atoms with Gasteiger partial charge in [0.15, 0.2) is 0 Å². The maximum atomic E-state index is 11.6. The van der Waals surface area contributed by atoms with Crippen LogP contribution in [0.15, 0.2) is 29.1 Å². The van der Waals surface area contributed by atoms with Gasteiger partial charge in [-0.05, 0) is 31.2 Å². The van der Waals surface area contributed by atoms with Crippen molar-refractivity contribution >= 4 is 10.9 Å². The van der Waals surface area contributed by atoms with Gasteiger partial charge in [-0.2, -0.15) is 0 Å². The van der Waals surface area contributed by atoms with Crippen molar-refractivity contribution < 1.29 is 9.84 Å². The van der Waals surface area contributed by atoms with Crippen LogP contribution in [0.5, 0.6) is 5.75 Å². The minimum Gasteiger partial charge on any atom is -0.497 e. The highest BCUT2D eigenvalue weighted by atomic mass is 16.5. The number of rotatable bonds is 2. The highest BCUT2D eigenvalue weighted by molar-refractivity contribution is 5.80.